The molecule has 1 atom stereocenters. The smallest absolute Gasteiger partial charge is 0.0615 e. The lowest BCUT2D eigenvalue weighted by Crippen LogP contribution is -2.48. The van der Waals surface area contributed by atoms with Gasteiger partial charge in [-0.05, 0) is 49.4 Å². The molecule has 1 aliphatic rings. The average molecular weight is 421 g/mol. The van der Waals surface area contributed by atoms with Gasteiger partial charge in [0.2, 0.25) is 0 Å². The van der Waals surface area contributed by atoms with E-state index < -0.39 is 0 Å². The number of piperidine rings is 1. The highest BCUT2D eigenvalue weighted by molar-refractivity contribution is 5.96. The Morgan fingerprint density at radius 1 is 0.893 bits per heavy atom. The van der Waals surface area contributed by atoms with Gasteiger partial charge in [-0.3, -0.25) is 0 Å². The molecule has 0 amide bonds. The number of likely N-dealkylation sites (tertiary alicyclic amines) is 1. The van der Waals surface area contributed by atoms with Crippen LogP contribution in [-0.2, 0) is 5.41 Å². The second-order valence-electron chi connectivity index (χ2n) is 7.63. The van der Waals surface area contributed by atoms with Crippen LogP contribution in [0, 0.1) is 11.3 Å². The van der Waals surface area contributed by atoms with E-state index in [0.29, 0.717) is 5.92 Å². The zero-order chi connectivity index (χ0) is 18.4. The van der Waals surface area contributed by atoms with Crippen LogP contribution in [0.3, 0.4) is 0 Å². The van der Waals surface area contributed by atoms with E-state index in [-0.39, 0.29) is 30.2 Å². The molecule has 28 heavy (non-hydrogen) atoms. The van der Waals surface area contributed by atoms with E-state index in [1.54, 1.807) is 0 Å². The average Bonchev–Trinajstić information content (AvgIpc) is 2.71. The first-order valence-corrected chi connectivity index (χ1v) is 10.1. The van der Waals surface area contributed by atoms with E-state index in [2.05, 4.69) is 79.4 Å². The first-order valence-electron chi connectivity index (χ1n) is 10.1. The van der Waals surface area contributed by atoms with Crippen molar-refractivity contribution >= 4 is 30.5 Å². The lowest BCUT2D eigenvalue weighted by molar-refractivity contribution is 0.184. The molecule has 0 aromatic heterocycles. The lowest BCUT2D eigenvalue weighted by Gasteiger charge is -2.43. The van der Waals surface area contributed by atoms with Crippen LogP contribution < -0.4 is 0 Å². The Labute approximate surface area is 183 Å². The summed E-state index contributed by atoms with van der Waals surface area (Å²) in [6, 6.07) is 21.5. The van der Waals surface area contributed by atoms with Gasteiger partial charge in [-0.1, -0.05) is 80.9 Å². The van der Waals surface area contributed by atoms with Gasteiger partial charge in [-0.2, -0.15) is 0 Å². The first kappa shape index (κ1) is 24.7. The van der Waals surface area contributed by atoms with Crippen LogP contribution in [0.25, 0.3) is 0 Å². The van der Waals surface area contributed by atoms with Crippen molar-refractivity contribution in [3.63, 3.8) is 0 Å². The molecule has 1 fully saturated rings. The maximum Gasteiger partial charge on any atom is 0.0615 e. The zero-order valence-corrected chi connectivity index (χ0v) is 18.7. The minimum atomic E-state index is -0.352. The Morgan fingerprint density at radius 2 is 1.36 bits per heavy atom. The molecule has 1 heterocycles. The highest BCUT2D eigenvalue weighted by Gasteiger charge is 2.43. The van der Waals surface area contributed by atoms with Crippen molar-refractivity contribution in [1.29, 1.82) is 5.41 Å². The third-order valence-corrected chi connectivity index (χ3v) is 6.01. The van der Waals surface area contributed by atoms with Crippen molar-refractivity contribution in [2.45, 2.75) is 44.9 Å². The molecule has 1 unspecified atom stereocenters. The van der Waals surface area contributed by atoms with Crippen molar-refractivity contribution in [2.75, 3.05) is 19.6 Å². The van der Waals surface area contributed by atoms with E-state index in [1.807, 2.05) is 0 Å². The van der Waals surface area contributed by atoms with E-state index >= 15 is 0 Å². The summed E-state index contributed by atoms with van der Waals surface area (Å²) in [4.78, 5) is 2.61. The Bertz CT molecular complexity index is 658. The molecule has 2 aromatic rings. The van der Waals surface area contributed by atoms with Crippen LogP contribution in [0.15, 0.2) is 60.7 Å². The maximum absolute atomic E-state index is 9.05. The fraction of sp³-hybridized carbons (Fsp3) is 0.458. The summed E-state index contributed by atoms with van der Waals surface area (Å²) < 4.78 is 0. The van der Waals surface area contributed by atoms with Crippen LogP contribution in [0.2, 0.25) is 0 Å². The number of nitrogens with zero attached hydrogens (tertiary/aromatic N) is 1. The van der Waals surface area contributed by atoms with Crippen molar-refractivity contribution in [3.05, 3.63) is 71.8 Å². The van der Waals surface area contributed by atoms with Crippen molar-refractivity contribution in [3.8, 4) is 0 Å². The summed E-state index contributed by atoms with van der Waals surface area (Å²) in [6.45, 7) is 7.91. The number of nitrogens with one attached hydrogen (secondary N) is 1. The summed E-state index contributed by atoms with van der Waals surface area (Å²) in [5.74, 6) is 0.345. The molecule has 0 bridgehead atoms. The molecule has 2 nitrogen and oxygen atoms in total. The summed E-state index contributed by atoms with van der Waals surface area (Å²) in [7, 11) is 0. The zero-order valence-electron chi connectivity index (χ0n) is 17.1. The summed E-state index contributed by atoms with van der Waals surface area (Å²) in [6.07, 6.45) is 4.75. The van der Waals surface area contributed by atoms with Gasteiger partial charge in [0, 0.05) is 12.3 Å². The molecule has 1 N–H and O–H groups in total. The van der Waals surface area contributed by atoms with Crippen LogP contribution in [-0.4, -0.2) is 30.2 Å². The highest BCUT2D eigenvalue weighted by atomic mass is 35.5. The number of halogens is 2. The molecule has 0 saturated carbocycles. The van der Waals surface area contributed by atoms with E-state index in [0.717, 1.165) is 18.7 Å². The van der Waals surface area contributed by atoms with Crippen LogP contribution in [0.5, 0.6) is 0 Å². The van der Waals surface area contributed by atoms with Gasteiger partial charge in [0.15, 0.2) is 0 Å². The minimum Gasteiger partial charge on any atom is -0.308 e. The third-order valence-electron chi connectivity index (χ3n) is 6.01. The van der Waals surface area contributed by atoms with Gasteiger partial charge in [0.05, 0.1) is 5.41 Å². The molecule has 2 aromatic carbocycles. The quantitative estimate of drug-likeness (QED) is 0.517. The second kappa shape index (κ2) is 11.6. The Hall–Kier alpha value is -1.35. The standard InChI is InChI=1S/C24H32N2.2ClH/c1-3-23(25)24(21-13-7-4-8-14-21,22-15-9-5-10-16-22)20(2)19-26-17-11-6-12-18-26;;/h4-5,7-10,13-16,20,25H,3,6,11-12,17-19H2,1-2H3;2*1H. The van der Waals surface area contributed by atoms with E-state index in [9.17, 15) is 0 Å². The van der Waals surface area contributed by atoms with Gasteiger partial charge in [-0.25, -0.2) is 0 Å². The number of hydrogen-bond acceptors (Lipinski definition) is 2. The predicted octanol–water partition coefficient (Wildman–Crippen LogP) is 6.37. The van der Waals surface area contributed by atoms with E-state index in [4.69, 9.17) is 5.41 Å². The first-order chi connectivity index (χ1) is 12.7. The summed E-state index contributed by atoms with van der Waals surface area (Å²) >= 11 is 0. The largest absolute Gasteiger partial charge is 0.308 e. The van der Waals surface area contributed by atoms with Crippen LogP contribution in [0.1, 0.15) is 50.7 Å². The van der Waals surface area contributed by atoms with Crippen molar-refractivity contribution in [2.24, 2.45) is 5.92 Å². The van der Waals surface area contributed by atoms with Crippen molar-refractivity contribution < 1.29 is 0 Å². The third kappa shape index (κ3) is 4.97. The molecule has 154 valence electrons. The Kier molecular flexibility index (Phi) is 10.2. The van der Waals surface area contributed by atoms with Gasteiger partial charge < -0.3 is 10.3 Å². The van der Waals surface area contributed by atoms with Crippen molar-refractivity contribution in [1.82, 2.24) is 4.90 Å². The highest BCUT2D eigenvalue weighted by Crippen LogP contribution is 2.42. The SMILES string of the molecule is CCC(=N)C(c1ccccc1)(c1ccccc1)C(C)CN1CCCCC1.Cl.Cl. The van der Waals surface area contributed by atoms with Gasteiger partial charge >= 0.3 is 0 Å². The maximum atomic E-state index is 9.05. The Balaban J connectivity index is 0.00000196. The number of hydrogen-bond donors (Lipinski definition) is 1. The fourth-order valence-corrected chi connectivity index (χ4v) is 4.73. The minimum absolute atomic E-state index is 0. The molecular weight excluding hydrogens is 387 g/mol. The van der Waals surface area contributed by atoms with E-state index in [1.165, 1.54) is 43.5 Å². The molecule has 3 rings (SSSR count). The second-order valence-corrected chi connectivity index (χ2v) is 7.63. The van der Waals surface area contributed by atoms with Gasteiger partial charge in [-0.15, -0.1) is 24.8 Å². The predicted molar refractivity (Wildman–Crippen MR) is 126 cm³/mol. The molecule has 0 spiro atoms. The molecule has 1 aliphatic heterocycles. The molecule has 1 saturated heterocycles. The monoisotopic (exact) mass is 420 g/mol. The molecule has 0 aliphatic carbocycles. The van der Waals surface area contributed by atoms with Crippen LogP contribution >= 0.6 is 24.8 Å². The molecule has 4 heteroatoms. The molecular formula is C24H34Cl2N2. The summed E-state index contributed by atoms with van der Waals surface area (Å²) in [5.41, 5.74) is 2.97. The van der Waals surface area contributed by atoms with Crippen LogP contribution in [0.4, 0.5) is 0 Å². The number of rotatable bonds is 7. The Morgan fingerprint density at radius 3 is 1.79 bits per heavy atom. The topological polar surface area (TPSA) is 27.1 Å². The lowest BCUT2D eigenvalue weighted by atomic mass is 9.62. The van der Waals surface area contributed by atoms with Gasteiger partial charge in [0.25, 0.3) is 0 Å². The molecule has 0 radical (unpaired) electrons. The van der Waals surface area contributed by atoms with Gasteiger partial charge in [0.1, 0.15) is 0 Å². The summed E-state index contributed by atoms with van der Waals surface area (Å²) in [5, 5.41) is 9.05. The fourth-order valence-electron chi connectivity index (χ4n) is 4.73. The normalized spacial score (nSPS) is 15.8. The number of benzene rings is 2.